The van der Waals surface area contributed by atoms with E-state index in [1.807, 2.05) is 0 Å². The Bertz CT molecular complexity index is 1400. The number of hydrogen-bond donors (Lipinski definition) is 1. The van der Waals surface area contributed by atoms with Crippen molar-refractivity contribution in [2.24, 2.45) is 0 Å². The second-order valence-corrected chi connectivity index (χ2v) is 10.2. The number of Topliss-reactive ketones (excluding diaryl/α,β-unsaturated/α-hetero) is 1. The van der Waals surface area contributed by atoms with Crippen LogP contribution in [-0.2, 0) is 14.3 Å². The normalized spacial score (nSPS) is 17.4. The van der Waals surface area contributed by atoms with Crippen LogP contribution in [0.3, 0.4) is 0 Å². The van der Waals surface area contributed by atoms with E-state index in [1.165, 1.54) is 12.1 Å². The molecule has 8 nitrogen and oxygen atoms in total. The minimum absolute atomic E-state index is 0.125. The molecule has 4 rings (SSSR count). The van der Waals surface area contributed by atoms with E-state index in [-0.39, 0.29) is 16.8 Å². The highest BCUT2D eigenvalue weighted by Crippen LogP contribution is 2.47. The van der Waals surface area contributed by atoms with E-state index >= 15 is 0 Å². The van der Waals surface area contributed by atoms with Gasteiger partial charge in [0.25, 0.3) is 5.91 Å². The number of fused-ring (bicyclic) bond motifs is 1. The summed E-state index contributed by atoms with van der Waals surface area (Å²) in [6.07, 6.45) is -0.901. The average Bonchev–Trinajstić information content (AvgIpc) is 3.15. The number of rotatable bonds is 5. The summed E-state index contributed by atoms with van der Waals surface area (Å²) < 4.78 is 10.7. The van der Waals surface area contributed by atoms with Gasteiger partial charge in [0.05, 0.1) is 18.8 Å². The molecule has 1 heterocycles. The van der Waals surface area contributed by atoms with Gasteiger partial charge in [-0.15, -0.1) is 0 Å². The summed E-state index contributed by atoms with van der Waals surface area (Å²) in [4.78, 5) is 56.5. The Balaban J connectivity index is 2.02. The molecule has 0 spiro atoms. The molecule has 3 aromatic carbocycles. The number of ether oxygens (including phenoxy) is 2. The maximum absolute atomic E-state index is 14.3. The lowest BCUT2D eigenvalue weighted by Crippen LogP contribution is -2.66. The van der Waals surface area contributed by atoms with E-state index < -0.39 is 40.9 Å². The van der Waals surface area contributed by atoms with Crippen LogP contribution in [0.2, 0.25) is 5.02 Å². The molecule has 0 radical (unpaired) electrons. The highest BCUT2D eigenvalue weighted by atomic mass is 35.5. The van der Waals surface area contributed by atoms with E-state index in [4.69, 9.17) is 21.1 Å². The minimum atomic E-state index is -2.35. The molecule has 0 saturated carbocycles. The van der Waals surface area contributed by atoms with Crippen LogP contribution in [-0.4, -0.2) is 42.0 Å². The summed E-state index contributed by atoms with van der Waals surface area (Å²) in [5, 5.41) is 2.98. The number of carbonyl (C=O) groups excluding carboxylic acids is 4. The fourth-order valence-electron chi connectivity index (χ4n) is 4.60. The molecule has 1 N–H and O–H groups in total. The number of anilines is 1. The second kappa shape index (κ2) is 10.3. The van der Waals surface area contributed by atoms with Gasteiger partial charge < -0.3 is 14.8 Å². The molecule has 1 aliphatic rings. The van der Waals surface area contributed by atoms with Crippen molar-refractivity contribution in [2.75, 3.05) is 12.0 Å². The zero-order valence-corrected chi connectivity index (χ0v) is 22.1. The molecular weight excluding hydrogens is 508 g/mol. The van der Waals surface area contributed by atoms with Gasteiger partial charge in [0.1, 0.15) is 5.60 Å². The number of esters is 1. The molecule has 0 aromatic heterocycles. The van der Waals surface area contributed by atoms with Crippen LogP contribution in [0.1, 0.15) is 53.1 Å². The van der Waals surface area contributed by atoms with Crippen LogP contribution < -0.4 is 10.2 Å². The maximum atomic E-state index is 14.3. The van der Waals surface area contributed by atoms with Gasteiger partial charge in [-0.2, -0.15) is 0 Å². The number of para-hydroxylation sites is 1. The number of ketones is 1. The van der Waals surface area contributed by atoms with Crippen LogP contribution in [0.4, 0.5) is 10.5 Å². The van der Waals surface area contributed by atoms with Crippen LogP contribution in [0, 0.1) is 0 Å². The van der Waals surface area contributed by atoms with E-state index in [1.54, 1.807) is 87.5 Å². The van der Waals surface area contributed by atoms with E-state index in [0.29, 0.717) is 10.6 Å². The van der Waals surface area contributed by atoms with Gasteiger partial charge in [0, 0.05) is 16.1 Å². The smallest absolute Gasteiger partial charge is 0.408 e. The lowest BCUT2D eigenvalue weighted by molar-refractivity contribution is -0.145. The molecule has 0 bridgehead atoms. The Morgan fingerprint density at radius 3 is 2.24 bits per heavy atom. The number of nitrogens with zero attached hydrogens (tertiary/aromatic N) is 1. The van der Waals surface area contributed by atoms with Crippen LogP contribution >= 0.6 is 11.6 Å². The Kier molecular flexibility index (Phi) is 7.29. The van der Waals surface area contributed by atoms with Crippen molar-refractivity contribution < 1.29 is 28.7 Å². The SMILES string of the molecule is COC(=O)[C@@]1([C@@H](NC(=O)OC(C)(C)C)c2cccc(Cl)c2)C(=O)c2ccccc2N1C(=O)c1ccccc1. The first-order valence-electron chi connectivity index (χ1n) is 11.9. The summed E-state index contributed by atoms with van der Waals surface area (Å²) in [5.74, 6) is -2.39. The third-order valence-electron chi connectivity index (χ3n) is 6.07. The highest BCUT2D eigenvalue weighted by Gasteiger charge is 2.65. The number of alkyl carbamates (subject to hydrolysis) is 1. The summed E-state index contributed by atoms with van der Waals surface area (Å²) in [6, 6.07) is 19.5. The number of nitrogens with one attached hydrogen (secondary N) is 1. The second-order valence-electron chi connectivity index (χ2n) is 9.75. The zero-order valence-electron chi connectivity index (χ0n) is 21.4. The molecule has 38 heavy (non-hydrogen) atoms. The predicted molar refractivity (Wildman–Crippen MR) is 142 cm³/mol. The van der Waals surface area contributed by atoms with E-state index in [9.17, 15) is 19.2 Å². The standard InChI is InChI=1S/C29H27ClN2O6/c1-28(2,3)38-27(36)31-23(19-13-10-14-20(30)17-19)29(26(35)37-4)24(33)21-15-8-9-16-22(21)32(29)25(34)18-11-6-5-7-12-18/h5-17,23H,1-4H3,(H,31,36)/t23-,29+/m0/s1. The summed E-state index contributed by atoms with van der Waals surface area (Å²) >= 11 is 6.29. The van der Waals surface area contributed by atoms with Gasteiger partial charge in [0.2, 0.25) is 11.3 Å². The first-order valence-corrected chi connectivity index (χ1v) is 12.3. The Labute approximate surface area is 225 Å². The predicted octanol–water partition coefficient (Wildman–Crippen LogP) is 5.36. The Morgan fingerprint density at radius 1 is 0.947 bits per heavy atom. The number of halogens is 1. The maximum Gasteiger partial charge on any atom is 0.408 e. The molecule has 196 valence electrons. The van der Waals surface area contributed by atoms with Crippen molar-refractivity contribution in [1.82, 2.24) is 5.32 Å². The lowest BCUT2D eigenvalue weighted by Gasteiger charge is -2.41. The third kappa shape index (κ3) is 4.75. The van der Waals surface area contributed by atoms with Gasteiger partial charge in [-0.05, 0) is 62.7 Å². The van der Waals surface area contributed by atoms with Gasteiger partial charge in [-0.25, -0.2) is 9.59 Å². The van der Waals surface area contributed by atoms with Gasteiger partial charge in [-0.3, -0.25) is 14.5 Å². The molecule has 0 fully saturated rings. The summed E-state index contributed by atoms with van der Waals surface area (Å²) in [5.41, 5.74) is -2.39. The zero-order chi connectivity index (χ0) is 27.7. The van der Waals surface area contributed by atoms with Crippen molar-refractivity contribution in [1.29, 1.82) is 0 Å². The number of hydrogen-bond acceptors (Lipinski definition) is 6. The molecule has 0 saturated heterocycles. The number of carbonyl (C=O) groups is 4. The number of amides is 2. The topological polar surface area (TPSA) is 102 Å². The molecule has 1 aliphatic heterocycles. The van der Waals surface area contributed by atoms with Gasteiger partial charge in [0.15, 0.2) is 0 Å². The molecular formula is C29H27ClN2O6. The van der Waals surface area contributed by atoms with Gasteiger partial charge in [-0.1, -0.05) is 54.1 Å². The first-order chi connectivity index (χ1) is 18.0. The van der Waals surface area contributed by atoms with Crippen molar-refractivity contribution in [3.8, 4) is 0 Å². The molecule has 2 amide bonds. The average molecular weight is 535 g/mol. The Hall–Kier alpha value is -4.17. The Morgan fingerprint density at radius 2 is 1.61 bits per heavy atom. The van der Waals surface area contributed by atoms with Crippen molar-refractivity contribution in [2.45, 2.75) is 38.0 Å². The quantitative estimate of drug-likeness (QED) is 0.349. The fourth-order valence-corrected chi connectivity index (χ4v) is 4.79. The van der Waals surface area contributed by atoms with Gasteiger partial charge >= 0.3 is 12.1 Å². The highest BCUT2D eigenvalue weighted by molar-refractivity contribution is 6.32. The van der Waals surface area contributed by atoms with Crippen molar-refractivity contribution in [3.63, 3.8) is 0 Å². The van der Waals surface area contributed by atoms with Crippen molar-refractivity contribution in [3.05, 3.63) is 101 Å². The first kappa shape index (κ1) is 26.9. The monoisotopic (exact) mass is 534 g/mol. The molecule has 0 aliphatic carbocycles. The molecule has 9 heteroatoms. The third-order valence-corrected chi connectivity index (χ3v) is 6.30. The van der Waals surface area contributed by atoms with Crippen LogP contribution in [0.5, 0.6) is 0 Å². The molecule has 2 atom stereocenters. The van der Waals surface area contributed by atoms with E-state index in [0.717, 1.165) is 12.0 Å². The largest absolute Gasteiger partial charge is 0.467 e. The number of methoxy groups -OCH3 is 1. The van der Waals surface area contributed by atoms with Crippen LogP contribution in [0.15, 0.2) is 78.9 Å². The molecule has 3 aromatic rings. The molecule has 0 unspecified atom stereocenters. The number of benzene rings is 3. The lowest BCUT2D eigenvalue weighted by atomic mass is 9.80. The van der Waals surface area contributed by atoms with Crippen molar-refractivity contribution >= 4 is 41.0 Å². The summed E-state index contributed by atoms with van der Waals surface area (Å²) in [6.45, 7) is 5.04. The fraction of sp³-hybridized carbons (Fsp3) is 0.241. The minimum Gasteiger partial charge on any atom is -0.467 e. The van der Waals surface area contributed by atoms with Crippen LogP contribution in [0.25, 0.3) is 0 Å². The van der Waals surface area contributed by atoms with E-state index in [2.05, 4.69) is 5.32 Å². The summed E-state index contributed by atoms with van der Waals surface area (Å²) in [7, 11) is 1.12.